The van der Waals surface area contributed by atoms with Crippen molar-refractivity contribution >= 4 is 5.71 Å². The number of piperidine rings is 1. The molecule has 1 N–H and O–H groups in total. The lowest BCUT2D eigenvalue weighted by Gasteiger charge is -2.32. The predicted molar refractivity (Wildman–Crippen MR) is 60.9 cm³/mol. The second kappa shape index (κ2) is 6.94. The fourth-order valence-corrected chi connectivity index (χ4v) is 2.07. The third-order valence-electron chi connectivity index (χ3n) is 3.07. The summed E-state index contributed by atoms with van der Waals surface area (Å²) in [6.07, 6.45) is -2.74. The molecule has 0 aromatic rings. The molecule has 0 aromatic heterocycles. The first-order chi connectivity index (χ1) is 8.46. The van der Waals surface area contributed by atoms with Crippen LogP contribution >= 0.6 is 0 Å². The zero-order valence-corrected chi connectivity index (χ0v) is 10.4. The van der Waals surface area contributed by atoms with Gasteiger partial charge in [0, 0.05) is 32.0 Å². The van der Waals surface area contributed by atoms with Gasteiger partial charge in [0.2, 0.25) is 0 Å². The molecular weight excluding hydrogens is 249 g/mol. The molecule has 0 saturated carbocycles. The van der Waals surface area contributed by atoms with Crippen LogP contribution in [0.4, 0.5) is 13.2 Å². The highest BCUT2D eigenvalue weighted by Crippen LogP contribution is 2.17. The molecule has 0 amide bonds. The maximum Gasteiger partial charge on any atom is 0.411 e. The van der Waals surface area contributed by atoms with Crippen LogP contribution in [-0.4, -0.2) is 54.8 Å². The summed E-state index contributed by atoms with van der Waals surface area (Å²) in [5.41, 5.74) is 0.782. The van der Waals surface area contributed by atoms with Gasteiger partial charge in [-0.15, -0.1) is 0 Å². The Hall–Kier alpha value is -0.820. The van der Waals surface area contributed by atoms with Crippen LogP contribution in [0.1, 0.15) is 19.8 Å². The van der Waals surface area contributed by atoms with Crippen molar-refractivity contribution in [2.24, 2.45) is 11.1 Å². The van der Waals surface area contributed by atoms with Crippen LogP contribution < -0.4 is 0 Å². The fraction of sp³-hybridized carbons (Fsp3) is 0.909. The minimum Gasteiger partial charge on any atom is -0.411 e. The third-order valence-corrected chi connectivity index (χ3v) is 3.07. The molecular formula is C11H19F3N2O2. The lowest BCUT2D eigenvalue weighted by atomic mass is 9.93. The number of rotatable bonds is 5. The third kappa shape index (κ3) is 5.22. The van der Waals surface area contributed by atoms with Gasteiger partial charge < -0.3 is 14.8 Å². The molecule has 1 heterocycles. The van der Waals surface area contributed by atoms with E-state index < -0.39 is 12.8 Å². The zero-order chi connectivity index (χ0) is 13.6. The molecule has 0 radical (unpaired) electrons. The van der Waals surface area contributed by atoms with Crippen molar-refractivity contribution in [1.82, 2.24) is 4.90 Å². The summed E-state index contributed by atoms with van der Waals surface area (Å²) in [7, 11) is 0. The second-order valence-corrected chi connectivity index (χ2v) is 4.41. The van der Waals surface area contributed by atoms with E-state index in [1.54, 1.807) is 0 Å². The molecule has 1 atom stereocenters. The summed E-state index contributed by atoms with van der Waals surface area (Å²) in [6.45, 7) is 2.77. The van der Waals surface area contributed by atoms with E-state index in [0.717, 1.165) is 12.1 Å². The molecule has 1 unspecified atom stereocenters. The summed E-state index contributed by atoms with van der Waals surface area (Å²) >= 11 is 0. The first-order valence-electron chi connectivity index (χ1n) is 6.04. The highest BCUT2D eigenvalue weighted by Gasteiger charge is 2.28. The molecule has 1 aliphatic rings. The lowest BCUT2D eigenvalue weighted by Crippen LogP contribution is -2.42. The van der Waals surface area contributed by atoms with Crippen LogP contribution in [0.5, 0.6) is 0 Å². The van der Waals surface area contributed by atoms with E-state index in [0.29, 0.717) is 26.1 Å². The molecule has 106 valence electrons. The minimum atomic E-state index is -4.26. The summed E-state index contributed by atoms with van der Waals surface area (Å²) in [6, 6.07) is 0. The van der Waals surface area contributed by atoms with Gasteiger partial charge in [0.15, 0.2) is 0 Å². The Kier molecular flexibility index (Phi) is 5.87. The Morgan fingerprint density at radius 3 is 2.78 bits per heavy atom. The normalized spacial score (nSPS) is 24.7. The smallest absolute Gasteiger partial charge is 0.411 e. The maximum absolute atomic E-state index is 11.9. The number of hydrogen-bond acceptors (Lipinski definition) is 4. The largest absolute Gasteiger partial charge is 0.411 e. The van der Waals surface area contributed by atoms with E-state index in [-0.39, 0.29) is 12.5 Å². The van der Waals surface area contributed by atoms with Crippen LogP contribution in [0.25, 0.3) is 0 Å². The standard InChI is InChI=1S/C11H19F3N2O2/c1-2-9-7-16(4-3-10(9)15-17)5-6-18-8-11(12,13)14/h9,17H,2-8H2,1H3. The van der Waals surface area contributed by atoms with Crippen LogP contribution in [-0.2, 0) is 4.74 Å². The average Bonchev–Trinajstić information content (AvgIpc) is 2.33. The minimum absolute atomic E-state index is 0.0710. The molecule has 1 rings (SSSR count). The molecule has 1 fully saturated rings. The first-order valence-corrected chi connectivity index (χ1v) is 6.04. The summed E-state index contributed by atoms with van der Waals surface area (Å²) < 4.78 is 40.1. The Labute approximate surface area is 104 Å². The number of nitrogens with zero attached hydrogens (tertiary/aromatic N) is 2. The highest BCUT2D eigenvalue weighted by atomic mass is 19.4. The van der Waals surface area contributed by atoms with E-state index in [1.165, 1.54) is 0 Å². The van der Waals surface area contributed by atoms with Crippen LogP contribution in [0.2, 0.25) is 0 Å². The quantitative estimate of drug-likeness (QED) is 0.472. The van der Waals surface area contributed by atoms with Gasteiger partial charge in [-0.25, -0.2) is 0 Å². The van der Waals surface area contributed by atoms with E-state index in [9.17, 15) is 13.2 Å². The molecule has 7 heteroatoms. The molecule has 0 spiro atoms. The van der Waals surface area contributed by atoms with Crippen molar-refractivity contribution < 1.29 is 23.1 Å². The molecule has 1 aliphatic heterocycles. The molecule has 18 heavy (non-hydrogen) atoms. The topological polar surface area (TPSA) is 45.1 Å². The number of oxime groups is 1. The Morgan fingerprint density at radius 2 is 2.22 bits per heavy atom. The summed E-state index contributed by atoms with van der Waals surface area (Å²) in [4.78, 5) is 2.04. The molecule has 0 aliphatic carbocycles. The van der Waals surface area contributed by atoms with Crippen molar-refractivity contribution in [2.75, 3.05) is 32.8 Å². The van der Waals surface area contributed by atoms with Gasteiger partial charge in [0.25, 0.3) is 0 Å². The monoisotopic (exact) mass is 268 g/mol. The van der Waals surface area contributed by atoms with Gasteiger partial charge in [-0.05, 0) is 6.42 Å². The SMILES string of the molecule is CCC1CN(CCOCC(F)(F)F)CCC1=NO. The van der Waals surface area contributed by atoms with Gasteiger partial charge >= 0.3 is 6.18 Å². The Bertz CT molecular complexity index is 282. The average molecular weight is 268 g/mol. The van der Waals surface area contributed by atoms with E-state index >= 15 is 0 Å². The Morgan fingerprint density at radius 1 is 1.50 bits per heavy atom. The number of ether oxygens (including phenoxy) is 1. The predicted octanol–water partition coefficient (Wildman–Crippen LogP) is 2.13. The van der Waals surface area contributed by atoms with Crippen molar-refractivity contribution in [3.63, 3.8) is 0 Å². The van der Waals surface area contributed by atoms with Gasteiger partial charge in [-0.1, -0.05) is 12.1 Å². The van der Waals surface area contributed by atoms with Crippen LogP contribution in [0.15, 0.2) is 5.16 Å². The second-order valence-electron chi connectivity index (χ2n) is 4.41. The fourth-order valence-electron chi connectivity index (χ4n) is 2.07. The first kappa shape index (κ1) is 15.2. The van der Waals surface area contributed by atoms with Crippen molar-refractivity contribution in [3.05, 3.63) is 0 Å². The lowest BCUT2D eigenvalue weighted by molar-refractivity contribution is -0.174. The summed E-state index contributed by atoms with van der Waals surface area (Å²) in [5.74, 6) is 0.186. The molecule has 1 saturated heterocycles. The van der Waals surface area contributed by atoms with E-state index in [2.05, 4.69) is 9.89 Å². The number of hydrogen-bond donors (Lipinski definition) is 1. The highest BCUT2D eigenvalue weighted by molar-refractivity contribution is 5.87. The molecule has 0 aromatic carbocycles. The Balaban J connectivity index is 2.24. The summed E-state index contributed by atoms with van der Waals surface area (Å²) in [5, 5.41) is 12.1. The van der Waals surface area contributed by atoms with Crippen molar-refractivity contribution in [1.29, 1.82) is 0 Å². The molecule has 0 bridgehead atoms. The van der Waals surface area contributed by atoms with E-state index in [1.807, 2.05) is 11.8 Å². The van der Waals surface area contributed by atoms with Crippen molar-refractivity contribution in [2.45, 2.75) is 25.9 Å². The number of likely N-dealkylation sites (tertiary alicyclic amines) is 1. The van der Waals surface area contributed by atoms with Crippen LogP contribution in [0.3, 0.4) is 0 Å². The number of alkyl halides is 3. The van der Waals surface area contributed by atoms with Crippen molar-refractivity contribution in [3.8, 4) is 0 Å². The molecule has 4 nitrogen and oxygen atoms in total. The van der Waals surface area contributed by atoms with Gasteiger partial charge in [-0.3, -0.25) is 0 Å². The van der Waals surface area contributed by atoms with Gasteiger partial charge in [0.1, 0.15) is 6.61 Å². The maximum atomic E-state index is 11.9. The zero-order valence-electron chi connectivity index (χ0n) is 10.4. The number of halogens is 3. The van der Waals surface area contributed by atoms with Crippen LogP contribution in [0, 0.1) is 5.92 Å². The van der Waals surface area contributed by atoms with Gasteiger partial charge in [0.05, 0.1) is 12.3 Å². The van der Waals surface area contributed by atoms with Gasteiger partial charge in [-0.2, -0.15) is 13.2 Å². The van der Waals surface area contributed by atoms with E-state index in [4.69, 9.17) is 5.21 Å².